The molecule has 0 aliphatic heterocycles. The standard InChI is InChI=1S/C30H36O9/c1-17(2)16-36-23-14-24(38-27(34)29(5,6)7)21(32)12-19(23)15-30(8,9)28(35)39-25-13-20(31)10-11-22(25)37-26(33)18(3)4/h10-14,31-32H,1,3,15-16H2,2,4-9H3. The van der Waals surface area contributed by atoms with E-state index in [1.54, 1.807) is 41.5 Å². The smallest absolute Gasteiger partial charge is 0.338 e. The molecule has 0 saturated carbocycles. The van der Waals surface area contributed by atoms with Gasteiger partial charge in [-0.3, -0.25) is 9.59 Å². The molecule has 2 N–H and O–H groups in total. The van der Waals surface area contributed by atoms with Crippen LogP contribution in [0.25, 0.3) is 0 Å². The van der Waals surface area contributed by atoms with Gasteiger partial charge in [-0.1, -0.05) is 13.2 Å². The summed E-state index contributed by atoms with van der Waals surface area (Å²) in [5.41, 5.74) is -0.700. The summed E-state index contributed by atoms with van der Waals surface area (Å²) in [5.74, 6) is -2.53. The quantitative estimate of drug-likeness (QED) is 0.170. The molecule has 0 unspecified atom stereocenters. The zero-order valence-corrected chi connectivity index (χ0v) is 23.5. The maximum absolute atomic E-state index is 13.3. The summed E-state index contributed by atoms with van der Waals surface area (Å²) in [6.45, 7) is 19.0. The normalized spacial score (nSPS) is 11.4. The van der Waals surface area contributed by atoms with Gasteiger partial charge in [-0.15, -0.1) is 0 Å². The van der Waals surface area contributed by atoms with Crippen LogP contribution in [-0.2, 0) is 20.8 Å². The number of rotatable bonds is 10. The van der Waals surface area contributed by atoms with Gasteiger partial charge in [0, 0.05) is 17.7 Å². The van der Waals surface area contributed by atoms with Crippen LogP contribution in [0, 0.1) is 10.8 Å². The number of carbonyl (C=O) groups excluding carboxylic acids is 3. The molecule has 210 valence electrons. The fraction of sp³-hybridized carbons (Fsp3) is 0.367. The van der Waals surface area contributed by atoms with Gasteiger partial charge in [-0.2, -0.15) is 0 Å². The number of ether oxygens (including phenoxy) is 4. The monoisotopic (exact) mass is 540 g/mol. The molecule has 0 radical (unpaired) electrons. The predicted molar refractivity (Wildman–Crippen MR) is 145 cm³/mol. The highest BCUT2D eigenvalue weighted by Gasteiger charge is 2.33. The molecule has 39 heavy (non-hydrogen) atoms. The molecule has 0 spiro atoms. The van der Waals surface area contributed by atoms with E-state index >= 15 is 0 Å². The molecule has 9 heteroatoms. The second kappa shape index (κ2) is 12.1. The largest absolute Gasteiger partial charge is 0.508 e. The van der Waals surface area contributed by atoms with Crippen molar-refractivity contribution >= 4 is 17.9 Å². The lowest BCUT2D eigenvalue weighted by molar-refractivity contribution is -0.144. The fourth-order valence-electron chi connectivity index (χ4n) is 3.04. The average Bonchev–Trinajstić information content (AvgIpc) is 2.80. The van der Waals surface area contributed by atoms with Crippen LogP contribution >= 0.6 is 0 Å². The highest BCUT2D eigenvalue weighted by molar-refractivity contribution is 5.89. The van der Waals surface area contributed by atoms with Gasteiger partial charge in [0.2, 0.25) is 0 Å². The molecule has 0 bridgehead atoms. The van der Waals surface area contributed by atoms with Crippen LogP contribution in [0.5, 0.6) is 34.5 Å². The zero-order valence-electron chi connectivity index (χ0n) is 23.5. The molecule has 0 amide bonds. The molecule has 0 atom stereocenters. The van der Waals surface area contributed by atoms with Crippen molar-refractivity contribution in [3.8, 4) is 34.5 Å². The molecule has 2 aromatic rings. The molecule has 9 nitrogen and oxygen atoms in total. The van der Waals surface area contributed by atoms with E-state index in [1.165, 1.54) is 31.2 Å². The molecule has 2 rings (SSSR count). The number of carbonyl (C=O) groups is 3. The lowest BCUT2D eigenvalue weighted by Gasteiger charge is -2.25. The van der Waals surface area contributed by atoms with Crippen LogP contribution in [0.15, 0.2) is 54.6 Å². The molecule has 0 fully saturated rings. The van der Waals surface area contributed by atoms with E-state index in [2.05, 4.69) is 13.2 Å². The van der Waals surface area contributed by atoms with Crippen molar-refractivity contribution in [2.45, 2.75) is 54.9 Å². The first-order chi connectivity index (χ1) is 17.9. The van der Waals surface area contributed by atoms with E-state index in [-0.39, 0.29) is 53.1 Å². The third-order valence-electron chi connectivity index (χ3n) is 5.30. The predicted octanol–water partition coefficient (Wildman–Crippen LogP) is 5.66. The van der Waals surface area contributed by atoms with Crippen molar-refractivity contribution in [3.05, 3.63) is 60.2 Å². The molecule has 0 aromatic heterocycles. The van der Waals surface area contributed by atoms with Crippen molar-refractivity contribution in [3.63, 3.8) is 0 Å². The minimum absolute atomic E-state index is 0.0398. The SMILES string of the molecule is C=C(C)COc1cc(OC(=O)C(C)(C)C)c(O)cc1CC(C)(C)C(=O)Oc1cc(O)ccc1OC(=O)C(=C)C. The molecular weight excluding hydrogens is 504 g/mol. The van der Waals surface area contributed by atoms with Crippen molar-refractivity contribution in [1.82, 2.24) is 0 Å². The van der Waals surface area contributed by atoms with E-state index in [0.29, 0.717) is 5.56 Å². The van der Waals surface area contributed by atoms with Crippen LogP contribution in [0.4, 0.5) is 0 Å². The molecule has 2 aromatic carbocycles. The minimum Gasteiger partial charge on any atom is -0.508 e. The Labute approximate surface area is 228 Å². The number of benzene rings is 2. The summed E-state index contributed by atoms with van der Waals surface area (Å²) >= 11 is 0. The lowest BCUT2D eigenvalue weighted by Crippen LogP contribution is -2.31. The first-order valence-corrected chi connectivity index (χ1v) is 12.2. The molecule has 0 aliphatic carbocycles. The third-order valence-corrected chi connectivity index (χ3v) is 5.30. The average molecular weight is 541 g/mol. The summed E-state index contributed by atoms with van der Waals surface area (Å²) in [6, 6.07) is 6.49. The Kier molecular flexibility index (Phi) is 9.57. The van der Waals surface area contributed by atoms with Crippen molar-refractivity contribution in [2.75, 3.05) is 6.61 Å². The number of phenols is 2. The number of esters is 3. The summed E-state index contributed by atoms with van der Waals surface area (Å²) in [4.78, 5) is 37.7. The Morgan fingerprint density at radius 3 is 1.97 bits per heavy atom. The zero-order chi connectivity index (χ0) is 29.7. The van der Waals surface area contributed by atoms with Crippen LogP contribution in [0.1, 0.15) is 54.0 Å². The maximum Gasteiger partial charge on any atom is 0.338 e. The number of phenolic OH excluding ortho intramolecular Hbond substituents is 2. The molecule has 0 heterocycles. The summed E-state index contributed by atoms with van der Waals surface area (Å²) in [6.07, 6.45) is 0.0398. The minimum atomic E-state index is -1.20. The fourth-order valence-corrected chi connectivity index (χ4v) is 3.04. The lowest BCUT2D eigenvalue weighted by atomic mass is 9.85. The van der Waals surface area contributed by atoms with Crippen LogP contribution in [0.3, 0.4) is 0 Å². The van der Waals surface area contributed by atoms with Crippen molar-refractivity contribution < 1.29 is 43.5 Å². The van der Waals surface area contributed by atoms with E-state index in [9.17, 15) is 24.6 Å². The summed E-state index contributed by atoms with van der Waals surface area (Å²) in [5, 5.41) is 20.5. The van der Waals surface area contributed by atoms with Gasteiger partial charge >= 0.3 is 17.9 Å². The van der Waals surface area contributed by atoms with Crippen LogP contribution < -0.4 is 18.9 Å². The Morgan fingerprint density at radius 1 is 0.795 bits per heavy atom. The van der Waals surface area contributed by atoms with Crippen molar-refractivity contribution in [1.29, 1.82) is 0 Å². The van der Waals surface area contributed by atoms with Crippen molar-refractivity contribution in [2.24, 2.45) is 10.8 Å². The number of hydrogen-bond donors (Lipinski definition) is 2. The molecule has 0 aliphatic rings. The van der Waals surface area contributed by atoms with Gasteiger partial charge in [0.05, 0.1) is 10.8 Å². The number of aromatic hydroxyl groups is 2. The Morgan fingerprint density at radius 2 is 1.41 bits per heavy atom. The topological polar surface area (TPSA) is 129 Å². The van der Waals surface area contributed by atoms with Gasteiger partial charge in [0.1, 0.15) is 18.1 Å². The van der Waals surface area contributed by atoms with Gasteiger partial charge < -0.3 is 29.2 Å². The Balaban J connectivity index is 2.38. The van der Waals surface area contributed by atoms with Gasteiger partial charge in [0.25, 0.3) is 0 Å². The van der Waals surface area contributed by atoms with Gasteiger partial charge in [-0.25, -0.2) is 4.79 Å². The highest BCUT2D eigenvalue weighted by Crippen LogP contribution is 2.40. The van der Waals surface area contributed by atoms with E-state index < -0.39 is 28.7 Å². The van der Waals surface area contributed by atoms with E-state index in [1.807, 2.05) is 0 Å². The Hall–Kier alpha value is -4.27. The second-order valence-corrected chi connectivity index (χ2v) is 11.1. The molecular formula is C30H36O9. The molecule has 0 saturated heterocycles. The van der Waals surface area contributed by atoms with Gasteiger partial charge in [-0.05, 0) is 84.2 Å². The van der Waals surface area contributed by atoms with Crippen LogP contribution in [-0.4, -0.2) is 34.7 Å². The van der Waals surface area contributed by atoms with E-state index in [0.717, 1.165) is 11.6 Å². The highest BCUT2D eigenvalue weighted by atomic mass is 16.6. The first kappa shape index (κ1) is 31.0. The second-order valence-electron chi connectivity index (χ2n) is 11.1. The maximum atomic E-state index is 13.3. The summed E-state index contributed by atoms with van der Waals surface area (Å²) < 4.78 is 22.0. The first-order valence-electron chi connectivity index (χ1n) is 12.2. The number of hydrogen-bond acceptors (Lipinski definition) is 9. The Bertz CT molecular complexity index is 1300. The van der Waals surface area contributed by atoms with E-state index in [4.69, 9.17) is 18.9 Å². The van der Waals surface area contributed by atoms with Gasteiger partial charge in [0.15, 0.2) is 23.0 Å². The summed E-state index contributed by atoms with van der Waals surface area (Å²) in [7, 11) is 0. The third kappa shape index (κ3) is 8.63. The van der Waals surface area contributed by atoms with Crippen LogP contribution in [0.2, 0.25) is 0 Å².